The van der Waals surface area contributed by atoms with E-state index in [9.17, 15) is 0 Å². The molecule has 0 aliphatic carbocycles. The number of rotatable bonds is 6. The number of aromatic nitrogens is 1. The number of ether oxygens (including phenoxy) is 2. The number of hydrogen-bond acceptors (Lipinski definition) is 6. The van der Waals surface area contributed by atoms with Crippen molar-refractivity contribution in [1.82, 2.24) is 14.8 Å². The van der Waals surface area contributed by atoms with E-state index in [-0.39, 0.29) is 0 Å². The van der Waals surface area contributed by atoms with Crippen LogP contribution in [0.4, 0.5) is 0 Å². The van der Waals surface area contributed by atoms with Gasteiger partial charge >= 0.3 is 0 Å². The van der Waals surface area contributed by atoms with Crippen LogP contribution in [-0.4, -0.2) is 55.2 Å². The Morgan fingerprint density at radius 3 is 2.33 bits per heavy atom. The standard InChI is InChI=1S/C18H25N3O3/c1-14-19-16(13-24-14)12-21-8-6-20(7-9-21)11-15-10-17(22-2)4-5-18(15)23-3/h4-5,10,13H,6-9,11-12H2,1-3H3. The quantitative estimate of drug-likeness (QED) is 0.810. The maximum Gasteiger partial charge on any atom is 0.191 e. The van der Waals surface area contributed by atoms with Crippen molar-refractivity contribution in [3.8, 4) is 11.5 Å². The van der Waals surface area contributed by atoms with Crippen LogP contribution in [0.2, 0.25) is 0 Å². The Hall–Kier alpha value is -2.05. The van der Waals surface area contributed by atoms with Crippen LogP contribution in [-0.2, 0) is 13.1 Å². The van der Waals surface area contributed by atoms with Crippen molar-refractivity contribution in [2.24, 2.45) is 0 Å². The summed E-state index contributed by atoms with van der Waals surface area (Å²) in [7, 11) is 3.40. The number of oxazole rings is 1. The third-order valence-corrected chi connectivity index (χ3v) is 4.40. The number of hydrogen-bond donors (Lipinski definition) is 0. The summed E-state index contributed by atoms with van der Waals surface area (Å²) < 4.78 is 16.1. The molecule has 24 heavy (non-hydrogen) atoms. The Kier molecular flexibility index (Phi) is 5.37. The summed E-state index contributed by atoms with van der Waals surface area (Å²) in [4.78, 5) is 9.24. The molecule has 0 bridgehead atoms. The van der Waals surface area contributed by atoms with Gasteiger partial charge in [0.15, 0.2) is 5.89 Å². The molecule has 3 rings (SSSR count). The van der Waals surface area contributed by atoms with Gasteiger partial charge < -0.3 is 13.9 Å². The molecular weight excluding hydrogens is 306 g/mol. The molecule has 2 heterocycles. The van der Waals surface area contributed by atoms with Gasteiger partial charge in [-0.25, -0.2) is 4.98 Å². The van der Waals surface area contributed by atoms with Crippen molar-refractivity contribution in [2.75, 3.05) is 40.4 Å². The fraction of sp³-hybridized carbons (Fsp3) is 0.500. The first kappa shape index (κ1) is 16.8. The molecule has 0 N–H and O–H groups in total. The van der Waals surface area contributed by atoms with Gasteiger partial charge in [0, 0.05) is 51.8 Å². The predicted octanol–water partition coefficient (Wildman–Crippen LogP) is 2.32. The zero-order chi connectivity index (χ0) is 16.9. The van der Waals surface area contributed by atoms with Gasteiger partial charge in [-0.05, 0) is 18.2 Å². The van der Waals surface area contributed by atoms with Crippen molar-refractivity contribution < 1.29 is 13.9 Å². The lowest BCUT2D eigenvalue weighted by Gasteiger charge is -2.34. The molecule has 1 saturated heterocycles. The minimum absolute atomic E-state index is 0.730. The Bertz CT molecular complexity index is 663. The van der Waals surface area contributed by atoms with E-state index >= 15 is 0 Å². The van der Waals surface area contributed by atoms with Crippen molar-refractivity contribution >= 4 is 0 Å². The van der Waals surface area contributed by atoms with E-state index in [0.29, 0.717) is 0 Å². The maximum absolute atomic E-state index is 5.48. The monoisotopic (exact) mass is 331 g/mol. The van der Waals surface area contributed by atoms with Crippen LogP contribution in [0.5, 0.6) is 11.5 Å². The highest BCUT2D eigenvalue weighted by Gasteiger charge is 2.19. The van der Waals surface area contributed by atoms with E-state index in [2.05, 4.69) is 20.9 Å². The number of aryl methyl sites for hydroxylation is 1. The van der Waals surface area contributed by atoms with Gasteiger partial charge in [-0.1, -0.05) is 0 Å². The zero-order valence-corrected chi connectivity index (χ0v) is 14.6. The fourth-order valence-corrected chi connectivity index (χ4v) is 3.06. The average Bonchev–Trinajstić information content (AvgIpc) is 3.01. The smallest absolute Gasteiger partial charge is 0.191 e. The molecule has 1 aliphatic rings. The van der Waals surface area contributed by atoms with E-state index in [1.165, 1.54) is 0 Å². The number of piperazine rings is 1. The Morgan fingerprint density at radius 2 is 1.75 bits per heavy atom. The first-order valence-electron chi connectivity index (χ1n) is 8.24. The number of nitrogens with zero attached hydrogens (tertiary/aromatic N) is 3. The van der Waals surface area contributed by atoms with Gasteiger partial charge in [0.25, 0.3) is 0 Å². The lowest BCUT2D eigenvalue weighted by atomic mass is 10.1. The summed E-state index contributed by atoms with van der Waals surface area (Å²) in [5.74, 6) is 2.51. The van der Waals surface area contributed by atoms with Crippen LogP contribution in [0.1, 0.15) is 17.1 Å². The van der Waals surface area contributed by atoms with Gasteiger partial charge in [0.2, 0.25) is 0 Å². The second-order valence-electron chi connectivity index (χ2n) is 6.09. The van der Waals surface area contributed by atoms with Crippen molar-refractivity contribution in [3.05, 3.63) is 41.6 Å². The van der Waals surface area contributed by atoms with E-state index in [4.69, 9.17) is 13.9 Å². The van der Waals surface area contributed by atoms with E-state index in [0.717, 1.165) is 67.9 Å². The second kappa shape index (κ2) is 7.68. The SMILES string of the molecule is COc1ccc(OC)c(CN2CCN(Cc3coc(C)n3)CC2)c1. The molecule has 6 nitrogen and oxygen atoms in total. The molecule has 0 spiro atoms. The third-order valence-electron chi connectivity index (χ3n) is 4.40. The normalized spacial score (nSPS) is 16.3. The molecule has 0 saturated carbocycles. The third kappa shape index (κ3) is 4.07. The van der Waals surface area contributed by atoms with Crippen molar-refractivity contribution in [1.29, 1.82) is 0 Å². The Morgan fingerprint density at radius 1 is 1.04 bits per heavy atom. The largest absolute Gasteiger partial charge is 0.497 e. The lowest BCUT2D eigenvalue weighted by Crippen LogP contribution is -2.45. The molecule has 0 amide bonds. The minimum atomic E-state index is 0.730. The van der Waals surface area contributed by atoms with E-state index < -0.39 is 0 Å². The predicted molar refractivity (Wildman–Crippen MR) is 91.3 cm³/mol. The maximum atomic E-state index is 5.48. The summed E-state index contributed by atoms with van der Waals surface area (Å²) in [6.45, 7) is 7.71. The van der Waals surface area contributed by atoms with Gasteiger partial charge in [-0.2, -0.15) is 0 Å². The lowest BCUT2D eigenvalue weighted by molar-refractivity contribution is 0.120. The van der Waals surface area contributed by atoms with Crippen LogP contribution in [0, 0.1) is 6.92 Å². The fourth-order valence-electron chi connectivity index (χ4n) is 3.06. The Balaban J connectivity index is 1.55. The second-order valence-corrected chi connectivity index (χ2v) is 6.09. The molecular formula is C18H25N3O3. The highest BCUT2D eigenvalue weighted by atomic mass is 16.5. The summed E-state index contributed by atoms with van der Waals surface area (Å²) in [5.41, 5.74) is 2.17. The van der Waals surface area contributed by atoms with Gasteiger partial charge in [-0.15, -0.1) is 0 Å². The minimum Gasteiger partial charge on any atom is -0.497 e. The molecule has 1 aromatic carbocycles. The topological polar surface area (TPSA) is 51.0 Å². The first-order chi connectivity index (χ1) is 11.7. The summed E-state index contributed by atoms with van der Waals surface area (Å²) >= 11 is 0. The number of benzene rings is 1. The van der Waals surface area contributed by atoms with Crippen LogP contribution >= 0.6 is 0 Å². The molecule has 130 valence electrons. The average molecular weight is 331 g/mol. The molecule has 2 aromatic rings. The summed E-state index contributed by atoms with van der Waals surface area (Å²) in [5, 5.41) is 0. The molecule has 0 unspecified atom stereocenters. The van der Waals surface area contributed by atoms with Crippen LogP contribution in [0.25, 0.3) is 0 Å². The van der Waals surface area contributed by atoms with E-state index in [1.54, 1.807) is 20.5 Å². The summed E-state index contributed by atoms with van der Waals surface area (Å²) in [6.07, 6.45) is 1.75. The molecule has 0 atom stereocenters. The summed E-state index contributed by atoms with van der Waals surface area (Å²) in [6, 6.07) is 5.96. The van der Waals surface area contributed by atoms with Crippen molar-refractivity contribution in [2.45, 2.75) is 20.0 Å². The van der Waals surface area contributed by atoms with Crippen LogP contribution in [0.3, 0.4) is 0 Å². The molecule has 6 heteroatoms. The highest BCUT2D eigenvalue weighted by molar-refractivity contribution is 5.40. The molecule has 1 fully saturated rings. The van der Waals surface area contributed by atoms with Crippen LogP contribution < -0.4 is 9.47 Å². The van der Waals surface area contributed by atoms with Crippen LogP contribution in [0.15, 0.2) is 28.9 Å². The Labute approximate surface area is 143 Å². The molecule has 1 aromatic heterocycles. The highest BCUT2D eigenvalue weighted by Crippen LogP contribution is 2.25. The van der Waals surface area contributed by atoms with Gasteiger partial charge in [0.1, 0.15) is 17.8 Å². The van der Waals surface area contributed by atoms with Gasteiger partial charge in [0.05, 0.1) is 19.9 Å². The zero-order valence-electron chi connectivity index (χ0n) is 14.6. The number of methoxy groups -OCH3 is 2. The molecule has 1 aliphatic heterocycles. The first-order valence-corrected chi connectivity index (χ1v) is 8.24. The van der Waals surface area contributed by atoms with E-state index in [1.807, 2.05) is 19.1 Å². The van der Waals surface area contributed by atoms with Crippen molar-refractivity contribution in [3.63, 3.8) is 0 Å². The van der Waals surface area contributed by atoms with Gasteiger partial charge in [-0.3, -0.25) is 9.80 Å². The molecule has 0 radical (unpaired) electrons.